The Morgan fingerprint density at radius 1 is 0.175 bits per heavy atom. The van der Waals surface area contributed by atoms with Crippen molar-refractivity contribution in [2.75, 3.05) is 0 Å². The molecule has 0 heterocycles. The smallest absolute Gasteiger partial charge is 0.0540 e. The van der Waals surface area contributed by atoms with Crippen LogP contribution in [0.4, 0.5) is 0 Å². The second-order valence-electron chi connectivity index (χ2n) is 19.6. The molecule has 0 aromatic carbocycles. The van der Waals surface area contributed by atoms with E-state index in [1.165, 1.54) is 327 Å². The molecule has 0 saturated carbocycles. The number of rotatable bonds is 53. The maximum Gasteiger partial charge on any atom is 0.0540 e. The topological polar surface area (TPSA) is 20.2 Å². The average Bonchev–Trinajstić information content (AvgIpc) is 3.22. The van der Waals surface area contributed by atoms with Crippen LogP contribution in [0, 0.1) is 0 Å². The Morgan fingerprint density at radius 3 is 0.404 bits per heavy atom. The van der Waals surface area contributed by atoms with Crippen molar-refractivity contribution in [3.63, 3.8) is 0 Å². The third-order valence-electron chi connectivity index (χ3n) is 13.5. The van der Waals surface area contributed by atoms with Crippen molar-refractivity contribution < 1.29 is 5.11 Å². The summed E-state index contributed by atoms with van der Waals surface area (Å²) in [6.45, 7) is 4.62. The maximum atomic E-state index is 10.4. The highest BCUT2D eigenvalue weighted by molar-refractivity contribution is 4.59. The van der Waals surface area contributed by atoms with Gasteiger partial charge in [0.1, 0.15) is 0 Å². The molecule has 1 nitrogen and oxygen atoms in total. The quantitative estimate of drug-likeness (QED) is 0.0608. The average molecular weight is 804 g/mol. The van der Waals surface area contributed by atoms with Crippen molar-refractivity contribution in [3.8, 4) is 0 Å². The van der Waals surface area contributed by atoms with Crippen LogP contribution in [0.15, 0.2) is 0 Å². The first-order valence-electron chi connectivity index (χ1n) is 28.0. The van der Waals surface area contributed by atoms with E-state index in [0.717, 1.165) is 12.8 Å². The molecule has 0 aliphatic heterocycles. The lowest BCUT2D eigenvalue weighted by Crippen LogP contribution is -2.05. The van der Waals surface area contributed by atoms with Crippen molar-refractivity contribution in [3.05, 3.63) is 0 Å². The molecule has 0 amide bonds. The summed E-state index contributed by atoms with van der Waals surface area (Å²) in [7, 11) is 0. The number of aliphatic hydroxyl groups excluding tert-OH is 1. The minimum atomic E-state index is -0.0380. The van der Waals surface area contributed by atoms with Gasteiger partial charge >= 0.3 is 0 Å². The molecule has 0 spiro atoms. The summed E-state index contributed by atoms with van der Waals surface area (Å²) >= 11 is 0. The van der Waals surface area contributed by atoms with Crippen LogP contribution in [0.5, 0.6) is 0 Å². The summed E-state index contributed by atoms with van der Waals surface area (Å²) in [6, 6.07) is 0. The molecule has 0 saturated heterocycles. The normalized spacial score (nSPS) is 12.3. The van der Waals surface area contributed by atoms with Gasteiger partial charge in [-0.25, -0.2) is 0 Å². The van der Waals surface area contributed by atoms with Gasteiger partial charge < -0.3 is 5.11 Å². The van der Waals surface area contributed by atoms with Crippen molar-refractivity contribution >= 4 is 0 Å². The molecule has 0 aliphatic rings. The van der Waals surface area contributed by atoms with Gasteiger partial charge in [0.2, 0.25) is 0 Å². The van der Waals surface area contributed by atoms with E-state index in [9.17, 15) is 5.11 Å². The van der Waals surface area contributed by atoms with Crippen LogP contribution in [0.25, 0.3) is 0 Å². The lowest BCUT2D eigenvalue weighted by Gasteiger charge is -2.10. The molecule has 57 heavy (non-hydrogen) atoms. The lowest BCUT2D eigenvalue weighted by atomic mass is 10.0. The Bertz CT molecular complexity index is 658. The van der Waals surface area contributed by atoms with E-state index in [4.69, 9.17) is 0 Å². The Morgan fingerprint density at radius 2 is 0.281 bits per heavy atom. The summed E-state index contributed by atoms with van der Waals surface area (Å²) in [5, 5.41) is 10.4. The third-order valence-corrected chi connectivity index (χ3v) is 13.5. The fraction of sp³-hybridized carbons (Fsp3) is 1.00. The van der Waals surface area contributed by atoms with E-state index in [0.29, 0.717) is 0 Å². The predicted octanol–water partition coefficient (Wildman–Crippen LogP) is 21.1. The monoisotopic (exact) mass is 803 g/mol. The molecule has 1 N–H and O–H groups in total. The second kappa shape index (κ2) is 54.0. The second-order valence-corrected chi connectivity index (χ2v) is 19.6. The van der Waals surface area contributed by atoms with Crippen LogP contribution in [0.3, 0.4) is 0 Å². The highest BCUT2D eigenvalue weighted by Gasteiger charge is 2.04. The molecule has 0 aromatic rings. The molecule has 0 aliphatic carbocycles. The predicted molar refractivity (Wildman–Crippen MR) is 262 cm³/mol. The molecular formula is C56H114O. The Hall–Kier alpha value is -0.0400. The molecule has 0 aromatic heterocycles. The molecule has 0 radical (unpaired) electrons. The maximum absolute atomic E-state index is 10.4. The summed E-state index contributed by atoms with van der Waals surface area (Å²) in [6.07, 6.45) is 75.8. The molecule has 1 heteroatoms. The number of hydrogen-bond acceptors (Lipinski definition) is 1. The highest BCUT2D eigenvalue weighted by Crippen LogP contribution is 2.19. The molecule has 1 atom stereocenters. The summed E-state index contributed by atoms with van der Waals surface area (Å²) in [5.74, 6) is 0. The molecule has 1 unspecified atom stereocenters. The minimum Gasteiger partial charge on any atom is -0.393 e. The largest absolute Gasteiger partial charge is 0.393 e. The van der Waals surface area contributed by atoms with Crippen LogP contribution in [-0.4, -0.2) is 11.2 Å². The summed E-state index contributed by atoms with van der Waals surface area (Å²) in [4.78, 5) is 0. The van der Waals surface area contributed by atoms with E-state index in [-0.39, 0.29) is 6.10 Å². The van der Waals surface area contributed by atoms with Crippen LogP contribution < -0.4 is 0 Å². The van der Waals surface area contributed by atoms with Gasteiger partial charge in [-0.15, -0.1) is 0 Å². The van der Waals surface area contributed by atoms with E-state index < -0.39 is 0 Å². The minimum absolute atomic E-state index is 0.0380. The SMILES string of the molecule is CCCCCCCCCCCCCCCCCCCCCCCCCCCCC(O)CCCCCCCCCCCCCCCCCCCCCCCCCCC. The number of unbranched alkanes of at least 4 members (excludes halogenated alkanes) is 49. The van der Waals surface area contributed by atoms with Gasteiger partial charge in [0.25, 0.3) is 0 Å². The van der Waals surface area contributed by atoms with Gasteiger partial charge in [0.15, 0.2) is 0 Å². The standard InChI is InChI=1S/C56H114O/c1-3-5-7-9-11-13-15-17-19-21-23-25-27-29-31-33-35-37-39-41-43-45-47-49-51-53-55-56(57)54-52-50-48-46-44-42-40-38-36-34-32-30-28-26-24-22-20-18-16-14-12-10-8-6-4-2/h56-57H,3-55H2,1-2H3. The van der Waals surface area contributed by atoms with Crippen molar-refractivity contribution in [1.29, 1.82) is 0 Å². The van der Waals surface area contributed by atoms with Gasteiger partial charge in [-0.2, -0.15) is 0 Å². The zero-order chi connectivity index (χ0) is 41.1. The Kier molecular flexibility index (Phi) is 53.9. The first-order chi connectivity index (χ1) is 28.3. The van der Waals surface area contributed by atoms with Crippen LogP contribution in [0.1, 0.15) is 354 Å². The van der Waals surface area contributed by atoms with Gasteiger partial charge in [-0.3, -0.25) is 0 Å². The van der Waals surface area contributed by atoms with Crippen molar-refractivity contribution in [2.24, 2.45) is 0 Å². The van der Waals surface area contributed by atoms with Gasteiger partial charge in [-0.1, -0.05) is 341 Å². The highest BCUT2D eigenvalue weighted by atomic mass is 16.3. The van der Waals surface area contributed by atoms with E-state index in [2.05, 4.69) is 13.8 Å². The van der Waals surface area contributed by atoms with E-state index >= 15 is 0 Å². The Balaban J connectivity index is 3.14. The zero-order valence-corrected chi connectivity index (χ0v) is 40.5. The third kappa shape index (κ3) is 53.9. The fourth-order valence-electron chi connectivity index (χ4n) is 9.36. The van der Waals surface area contributed by atoms with Crippen LogP contribution in [0.2, 0.25) is 0 Å². The molecule has 0 rings (SSSR count). The number of aliphatic hydroxyl groups is 1. The molecule has 0 bridgehead atoms. The molecular weight excluding hydrogens is 689 g/mol. The van der Waals surface area contributed by atoms with E-state index in [1.807, 2.05) is 0 Å². The van der Waals surface area contributed by atoms with Gasteiger partial charge in [0, 0.05) is 0 Å². The van der Waals surface area contributed by atoms with Gasteiger partial charge in [0.05, 0.1) is 6.10 Å². The summed E-state index contributed by atoms with van der Waals surface area (Å²) in [5.41, 5.74) is 0. The van der Waals surface area contributed by atoms with Gasteiger partial charge in [-0.05, 0) is 12.8 Å². The first kappa shape index (κ1) is 57.0. The fourth-order valence-corrected chi connectivity index (χ4v) is 9.36. The van der Waals surface area contributed by atoms with E-state index in [1.54, 1.807) is 0 Å². The summed E-state index contributed by atoms with van der Waals surface area (Å²) < 4.78 is 0. The lowest BCUT2D eigenvalue weighted by molar-refractivity contribution is 0.147. The first-order valence-corrected chi connectivity index (χ1v) is 28.0. The van der Waals surface area contributed by atoms with Crippen molar-refractivity contribution in [2.45, 2.75) is 360 Å². The molecule has 344 valence electrons. The van der Waals surface area contributed by atoms with Crippen molar-refractivity contribution in [1.82, 2.24) is 0 Å². The Labute approximate surface area is 364 Å². The van der Waals surface area contributed by atoms with Crippen LogP contribution in [-0.2, 0) is 0 Å². The zero-order valence-electron chi connectivity index (χ0n) is 40.5. The molecule has 0 fully saturated rings. The van der Waals surface area contributed by atoms with Crippen LogP contribution >= 0.6 is 0 Å². The number of hydrogen-bond donors (Lipinski definition) is 1.